The highest BCUT2D eigenvalue weighted by molar-refractivity contribution is 6.07. The fourth-order valence-electron chi connectivity index (χ4n) is 1.54. The molecule has 0 radical (unpaired) electrons. The number of carboxylic acid groups (broad SMARTS) is 1. The second-order valence-corrected chi connectivity index (χ2v) is 4.23. The SMILES string of the molecule is N#C/C(=C/NCCCC(=O)O)C(=O)Nc1ccccc1C#N. The van der Waals surface area contributed by atoms with Gasteiger partial charge in [0.25, 0.3) is 5.91 Å². The zero-order valence-corrected chi connectivity index (χ0v) is 11.7. The molecule has 1 rings (SSSR count). The summed E-state index contributed by atoms with van der Waals surface area (Å²) in [5.41, 5.74) is 0.452. The summed E-state index contributed by atoms with van der Waals surface area (Å²) in [6.07, 6.45) is 1.61. The lowest BCUT2D eigenvalue weighted by Crippen LogP contribution is -2.18. The van der Waals surface area contributed by atoms with Crippen molar-refractivity contribution in [1.82, 2.24) is 5.32 Å². The molecule has 1 amide bonds. The van der Waals surface area contributed by atoms with Crippen LogP contribution < -0.4 is 10.6 Å². The highest BCUT2D eigenvalue weighted by Gasteiger charge is 2.11. The number of nitrogens with zero attached hydrogens (tertiary/aromatic N) is 2. The van der Waals surface area contributed by atoms with Crippen LogP contribution in [0.2, 0.25) is 0 Å². The van der Waals surface area contributed by atoms with Crippen LogP contribution in [0.4, 0.5) is 5.69 Å². The van der Waals surface area contributed by atoms with Gasteiger partial charge in [-0.3, -0.25) is 9.59 Å². The lowest BCUT2D eigenvalue weighted by atomic mass is 10.2. The number of aliphatic carboxylic acids is 1. The Morgan fingerprint density at radius 2 is 2.00 bits per heavy atom. The second kappa shape index (κ2) is 8.77. The topological polar surface area (TPSA) is 126 Å². The largest absolute Gasteiger partial charge is 0.481 e. The smallest absolute Gasteiger partial charge is 0.303 e. The third-order valence-electron chi connectivity index (χ3n) is 2.62. The van der Waals surface area contributed by atoms with Crippen LogP contribution in [0.3, 0.4) is 0 Å². The predicted molar refractivity (Wildman–Crippen MR) is 78.4 cm³/mol. The minimum atomic E-state index is -0.905. The first-order valence-corrected chi connectivity index (χ1v) is 6.44. The highest BCUT2D eigenvalue weighted by Crippen LogP contribution is 2.14. The Bertz CT molecular complexity index is 668. The summed E-state index contributed by atoms with van der Waals surface area (Å²) in [5, 5.41) is 31.6. The first kappa shape index (κ1) is 16.7. The Hall–Kier alpha value is -3.32. The van der Waals surface area contributed by atoms with E-state index in [1.54, 1.807) is 30.3 Å². The predicted octanol–water partition coefficient (Wildman–Crippen LogP) is 1.36. The number of anilines is 1. The number of carbonyl (C=O) groups excluding carboxylic acids is 1. The highest BCUT2D eigenvalue weighted by atomic mass is 16.4. The molecule has 0 spiro atoms. The zero-order valence-electron chi connectivity index (χ0n) is 11.7. The fourth-order valence-corrected chi connectivity index (χ4v) is 1.54. The van der Waals surface area contributed by atoms with Gasteiger partial charge in [-0.05, 0) is 18.6 Å². The summed E-state index contributed by atoms with van der Waals surface area (Å²) in [6, 6.07) is 10.1. The zero-order chi connectivity index (χ0) is 16.4. The maximum Gasteiger partial charge on any atom is 0.303 e. The second-order valence-electron chi connectivity index (χ2n) is 4.23. The van der Waals surface area contributed by atoms with E-state index in [9.17, 15) is 9.59 Å². The molecule has 7 nitrogen and oxygen atoms in total. The van der Waals surface area contributed by atoms with E-state index in [0.29, 0.717) is 24.2 Å². The number of nitrogens with one attached hydrogen (secondary N) is 2. The van der Waals surface area contributed by atoms with Gasteiger partial charge in [-0.1, -0.05) is 12.1 Å². The van der Waals surface area contributed by atoms with Crippen molar-refractivity contribution < 1.29 is 14.7 Å². The van der Waals surface area contributed by atoms with Crippen molar-refractivity contribution in [3.8, 4) is 12.1 Å². The summed E-state index contributed by atoms with van der Waals surface area (Å²) < 4.78 is 0. The van der Waals surface area contributed by atoms with Gasteiger partial charge in [-0.2, -0.15) is 10.5 Å². The van der Waals surface area contributed by atoms with Gasteiger partial charge in [0.1, 0.15) is 17.7 Å². The standard InChI is InChI=1S/C15H14N4O3/c16-8-11-4-1-2-5-13(11)19-15(22)12(9-17)10-18-7-3-6-14(20)21/h1-2,4-5,10,18H,3,6-7H2,(H,19,22)(H,20,21)/b12-10-. The molecule has 0 aliphatic heterocycles. The molecule has 3 N–H and O–H groups in total. The summed E-state index contributed by atoms with van der Waals surface area (Å²) in [6.45, 7) is 0.333. The minimum absolute atomic E-state index is 0.00443. The van der Waals surface area contributed by atoms with Gasteiger partial charge < -0.3 is 15.7 Å². The van der Waals surface area contributed by atoms with E-state index < -0.39 is 11.9 Å². The molecule has 0 aliphatic rings. The number of benzene rings is 1. The van der Waals surface area contributed by atoms with Crippen LogP contribution >= 0.6 is 0 Å². The van der Waals surface area contributed by atoms with Gasteiger partial charge in [-0.25, -0.2) is 0 Å². The molecule has 7 heteroatoms. The Morgan fingerprint density at radius 1 is 1.27 bits per heavy atom. The van der Waals surface area contributed by atoms with E-state index in [2.05, 4.69) is 10.6 Å². The molecule has 0 bridgehead atoms. The van der Waals surface area contributed by atoms with Gasteiger partial charge >= 0.3 is 5.97 Å². The van der Waals surface area contributed by atoms with Crippen LogP contribution in [0.25, 0.3) is 0 Å². The lowest BCUT2D eigenvalue weighted by molar-refractivity contribution is -0.137. The summed E-state index contributed by atoms with van der Waals surface area (Å²) in [7, 11) is 0. The van der Waals surface area contributed by atoms with E-state index in [-0.39, 0.29) is 12.0 Å². The molecule has 0 fully saturated rings. The molecule has 0 atom stereocenters. The number of hydrogen-bond acceptors (Lipinski definition) is 5. The Balaban J connectivity index is 2.63. The number of amides is 1. The molecule has 0 aromatic heterocycles. The molecule has 1 aromatic carbocycles. The number of carbonyl (C=O) groups is 2. The molecule has 1 aromatic rings. The number of nitriles is 2. The maximum absolute atomic E-state index is 11.9. The molecular formula is C15H14N4O3. The summed E-state index contributed by atoms with van der Waals surface area (Å²) >= 11 is 0. The van der Waals surface area contributed by atoms with E-state index >= 15 is 0 Å². The number of rotatable bonds is 7. The van der Waals surface area contributed by atoms with Crippen LogP contribution in [0.1, 0.15) is 18.4 Å². The molecule has 0 heterocycles. The average molecular weight is 298 g/mol. The molecule has 22 heavy (non-hydrogen) atoms. The summed E-state index contributed by atoms with van der Waals surface area (Å²) in [4.78, 5) is 22.3. The van der Waals surface area contributed by atoms with Crippen LogP contribution in [0.5, 0.6) is 0 Å². The first-order chi connectivity index (χ1) is 10.6. The average Bonchev–Trinajstić information content (AvgIpc) is 2.51. The van der Waals surface area contributed by atoms with Gasteiger partial charge in [0.2, 0.25) is 0 Å². The van der Waals surface area contributed by atoms with Crippen molar-refractivity contribution in [1.29, 1.82) is 10.5 Å². The Labute approximate surface area is 127 Å². The third kappa shape index (κ3) is 5.35. The van der Waals surface area contributed by atoms with Gasteiger partial charge in [0.15, 0.2) is 0 Å². The van der Waals surface area contributed by atoms with Gasteiger partial charge in [0.05, 0.1) is 11.3 Å². The van der Waals surface area contributed by atoms with E-state index in [0.717, 1.165) is 0 Å². The maximum atomic E-state index is 11.9. The first-order valence-electron chi connectivity index (χ1n) is 6.44. The van der Waals surface area contributed by atoms with Crippen LogP contribution in [0, 0.1) is 22.7 Å². The normalized spacial score (nSPS) is 10.2. The van der Waals surface area contributed by atoms with Crippen LogP contribution in [-0.2, 0) is 9.59 Å². The monoisotopic (exact) mass is 298 g/mol. The molecular weight excluding hydrogens is 284 g/mol. The lowest BCUT2D eigenvalue weighted by Gasteiger charge is -2.06. The molecule has 0 saturated carbocycles. The Morgan fingerprint density at radius 3 is 2.64 bits per heavy atom. The number of carboxylic acids is 1. The number of hydrogen-bond donors (Lipinski definition) is 3. The third-order valence-corrected chi connectivity index (χ3v) is 2.62. The van der Waals surface area contributed by atoms with Crippen molar-refractivity contribution in [2.24, 2.45) is 0 Å². The van der Waals surface area contributed by atoms with Crippen LogP contribution in [0.15, 0.2) is 36.0 Å². The molecule has 112 valence electrons. The molecule has 0 aliphatic carbocycles. The quantitative estimate of drug-likeness (QED) is 0.396. The minimum Gasteiger partial charge on any atom is -0.481 e. The summed E-state index contributed by atoms with van der Waals surface area (Å²) in [5.74, 6) is -1.55. The van der Waals surface area contributed by atoms with Crippen molar-refractivity contribution in [2.45, 2.75) is 12.8 Å². The molecule has 0 unspecified atom stereocenters. The fraction of sp³-hybridized carbons (Fsp3) is 0.200. The van der Waals surface area contributed by atoms with E-state index in [1.165, 1.54) is 6.20 Å². The van der Waals surface area contributed by atoms with E-state index in [1.807, 2.05) is 6.07 Å². The van der Waals surface area contributed by atoms with E-state index in [4.69, 9.17) is 15.6 Å². The van der Waals surface area contributed by atoms with Gasteiger partial charge in [0, 0.05) is 19.2 Å². The molecule has 0 saturated heterocycles. The van der Waals surface area contributed by atoms with Crippen molar-refractivity contribution >= 4 is 17.6 Å². The van der Waals surface area contributed by atoms with Crippen molar-refractivity contribution in [2.75, 3.05) is 11.9 Å². The Kier molecular flexibility index (Phi) is 6.67. The van der Waals surface area contributed by atoms with Crippen LogP contribution in [-0.4, -0.2) is 23.5 Å². The van der Waals surface area contributed by atoms with Crippen molar-refractivity contribution in [3.63, 3.8) is 0 Å². The van der Waals surface area contributed by atoms with Gasteiger partial charge in [-0.15, -0.1) is 0 Å². The van der Waals surface area contributed by atoms with Crippen molar-refractivity contribution in [3.05, 3.63) is 41.6 Å². The number of para-hydroxylation sites is 1.